The maximum Gasteiger partial charge on any atom is 0.268 e. The van der Waals surface area contributed by atoms with Gasteiger partial charge in [0.2, 0.25) is 0 Å². The molecule has 0 aliphatic heterocycles. The first kappa shape index (κ1) is 16.2. The summed E-state index contributed by atoms with van der Waals surface area (Å²) >= 11 is 0. The second kappa shape index (κ2) is 6.29. The van der Waals surface area contributed by atoms with Gasteiger partial charge < -0.3 is 20.1 Å². The highest BCUT2D eigenvalue weighted by molar-refractivity contribution is 5.94. The lowest BCUT2D eigenvalue weighted by molar-refractivity contribution is 0.0717. The van der Waals surface area contributed by atoms with Crippen LogP contribution in [0.1, 0.15) is 17.4 Å². The molecule has 0 atom stereocenters. The molecule has 1 aromatic heterocycles. The predicted octanol–water partition coefficient (Wildman–Crippen LogP) is 1.30. The van der Waals surface area contributed by atoms with Crippen LogP contribution >= 0.6 is 0 Å². The highest BCUT2D eigenvalue weighted by Crippen LogP contribution is 2.22. The van der Waals surface area contributed by atoms with Crippen molar-refractivity contribution in [3.8, 4) is 11.3 Å². The second-order valence-electron chi connectivity index (χ2n) is 5.50. The number of aromatic nitrogens is 1. The van der Waals surface area contributed by atoms with Crippen LogP contribution in [0.4, 0.5) is 4.39 Å². The molecule has 1 amide bonds. The Morgan fingerprint density at radius 2 is 1.77 bits per heavy atom. The van der Waals surface area contributed by atoms with Crippen LogP contribution in [-0.4, -0.2) is 39.4 Å². The number of hydrogen-bond donors (Lipinski definition) is 3. The van der Waals surface area contributed by atoms with Crippen molar-refractivity contribution in [1.29, 1.82) is 0 Å². The van der Waals surface area contributed by atoms with Crippen molar-refractivity contribution in [2.75, 3.05) is 13.2 Å². The molecule has 0 saturated heterocycles. The number of aliphatic hydroxyl groups is 2. The van der Waals surface area contributed by atoms with E-state index in [9.17, 15) is 19.4 Å². The monoisotopic (exact) mass is 306 g/mol. The largest absolute Gasteiger partial charge is 0.394 e. The number of nitrogens with zero attached hydrogens (tertiary/aromatic N) is 1. The third kappa shape index (κ3) is 3.18. The molecule has 0 unspecified atom stereocenters. The molecule has 22 heavy (non-hydrogen) atoms. The van der Waals surface area contributed by atoms with E-state index in [0.717, 1.165) is 11.3 Å². The maximum absolute atomic E-state index is 13.0. The van der Waals surface area contributed by atoms with Gasteiger partial charge in [0.15, 0.2) is 0 Å². The summed E-state index contributed by atoms with van der Waals surface area (Å²) in [5.41, 5.74) is 0.847. The minimum absolute atomic E-state index is 0.322. The molecule has 5 nitrogen and oxygen atoms in total. The molecule has 0 bridgehead atoms. The van der Waals surface area contributed by atoms with Crippen LogP contribution in [-0.2, 0) is 7.05 Å². The van der Waals surface area contributed by atoms with Crippen LogP contribution in [0.5, 0.6) is 0 Å². The van der Waals surface area contributed by atoms with Crippen molar-refractivity contribution < 1.29 is 19.4 Å². The third-order valence-corrected chi connectivity index (χ3v) is 3.61. The quantitative estimate of drug-likeness (QED) is 0.779. The van der Waals surface area contributed by atoms with Gasteiger partial charge in [0, 0.05) is 12.7 Å². The van der Waals surface area contributed by atoms with Crippen LogP contribution in [0.2, 0.25) is 0 Å². The fourth-order valence-corrected chi connectivity index (χ4v) is 2.12. The van der Waals surface area contributed by atoms with Crippen LogP contribution in [0.3, 0.4) is 0 Å². The molecule has 0 aliphatic rings. The van der Waals surface area contributed by atoms with Gasteiger partial charge in [0.25, 0.3) is 5.91 Å². The van der Waals surface area contributed by atoms with Gasteiger partial charge in [-0.2, -0.15) is 0 Å². The molecule has 3 N–H and O–H groups in total. The van der Waals surface area contributed by atoms with Crippen molar-refractivity contribution in [3.63, 3.8) is 0 Å². The Labute approximate surface area is 128 Å². The van der Waals surface area contributed by atoms with Crippen LogP contribution in [0.25, 0.3) is 11.3 Å². The van der Waals surface area contributed by atoms with E-state index in [1.807, 2.05) is 0 Å². The molecule has 2 rings (SSSR count). The summed E-state index contributed by atoms with van der Waals surface area (Å²) in [6.07, 6.45) is 0. The summed E-state index contributed by atoms with van der Waals surface area (Å²) < 4.78 is 14.7. The van der Waals surface area contributed by atoms with Gasteiger partial charge >= 0.3 is 0 Å². The SMILES string of the molecule is Cn1c(C(=O)NC(C)(CO)CO)ccc1-c1ccc(F)cc1. The minimum Gasteiger partial charge on any atom is -0.394 e. The van der Waals surface area contributed by atoms with Crippen molar-refractivity contribution >= 4 is 5.91 Å². The van der Waals surface area contributed by atoms with E-state index < -0.39 is 11.4 Å². The molecule has 0 spiro atoms. The van der Waals surface area contributed by atoms with E-state index in [1.54, 1.807) is 42.8 Å². The van der Waals surface area contributed by atoms with Crippen molar-refractivity contribution in [3.05, 3.63) is 47.9 Å². The van der Waals surface area contributed by atoms with Crippen LogP contribution < -0.4 is 5.32 Å². The Bertz CT molecular complexity index is 661. The van der Waals surface area contributed by atoms with E-state index in [4.69, 9.17) is 0 Å². The molecule has 6 heteroatoms. The van der Waals surface area contributed by atoms with Crippen molar-refractivity contribution in [1.82, 2.24) is 9.88 Å². The Morgan fingerprint density at radius 3 is 2.32 bits per heavy atom. The smallest absolute Gasteiger partial charge is 0.268 e. The van der Waals surface area contributed by atoms with Crippen LogP contribution in [0, 0.1) is 5.82 Å². The average molecular weight is 306 g/mol. The Hall–Kier alpha value is -2.18. The lowest BCUT2D eigenvalue weighted by atomic mass is 10.1. The number of halogens is 1. The minimum atomic E-state index is -1.09. The molecule has 1 heterocycles. The van der Waals surface area contributed by atoms with E-state index in [2.05, 4.69) is 5.32 Å². The summed E-state index contributed by atoms with van der Waals surface area (Å²) in [5, 5.41) is 21.1. The molecule has 2 aromatic rings. The van der Waals surface area contributed by atoms with Gasteiger partial charge in [-0.05, 0) is 48.9 Å². The van der Waals surface area contributed by atoms with E-state index in [1.165, 1.54) is 12.1 Å². The zero-order valence-electron chi connectivity index (χ0n) is 12.5. The fourth-order valence-electron chi connectivity index (χ4n) is 2.12. The standard InChI is InChI=1S/C16H19FN2O3/c1-16(9-20,10-21)18-15(22)14-8-7-13(19(14)2)11-3-5-12(17)6-4-11/h3-8,20-21H,9-10H2,1-2H3,(H,18,22). The zero-order valence-corrected chi connectivity index (χ0v) is 12.5. The number of carbonyl (C=O) groups excluding carboxylic acids is 1. The summed E-state index contributed by atoms with van der Waals surface area (Å²) in [6, 6.07) is 9.39. The highest BCUT2D eigenvalue weighted by atomic mass is 19.1. The molecule has 1 aromatic carbocycles. The highest BCUT2D eigenvalue weighted by Gasteiger charge is 2.26. The molecule has 0 saturated carbocycles. The summed E-state index contributed by atoms with van der Waals surface area (Å²) in [5.74, 6) is -0.723. The molecule has 0 radical (unpaired) electrons. The molecule has 0 aliphatic carbocycles. The van der Waals surface area contributed by atoms with Gasteiger partial charge in [-0.25, -0.2) is 4.39 Å². The van der Waals surface area contributed by atoms with Gasteiger partial charge in [-0.3, -0.25) is 4.79 Å². The van der Waals surface area contributed by atoms with E-state index >= 15 is 0 Å². The average Bonchev–Trinajstić information content (AvgIpc) is 2.89. The normalized spacial score (nSPS) is 11.5. The second-order valence-corrected chi connectivity index (χ2v) is 5.50. The number of benzene rings is 1. The lowest BCUT2D eigenvalue weighted by Crippen LogP contribution is -2.52. The molecule has 0 fully saturated rings. The zero-order chi connectivity index (χ0) is 16.3. The molecular formula is C16H19FN2O3. The van der Waals surface area contributed by atoms with Crippen molar-refractivity contribution in [2.24, 2.45) is 7.05 Å². The van der Waals surface area contributed by atoms with Gasteiger partial charge in [0.1, 0.15) is 11.5 Å². The number of amides is 1. The Morgan fingerprint density at radius 1 is 1.18 bits per heavy atom. The number of carbonyl (C=O) groups is 1. The van der Waals surface area contributed by atoms with E-state index in [-0.39, 0.29) is 19.0 Å². The number of aliphatic hydroxyl groups excluding tert-OH is 2. The topological polar surface area (TPSA) is 74.5 Å². The summed E-state index contributed by atoms with van der Waals surface area (Å²) in [6.45, 7) is 0.809. The third-order valence-electron chi connectivity index (χ3n) is 3.61. The first-order valence-electron chi connectivity index (χ1n) is 6.86. The van der Waals surface area contributed by atoms with E-state index in [0.29, 0.717) is 5.69 Å². The first-order chi connectivity index (χ1) is 10.4. The van der Waals surface area contributed by atoms with Gasteiger partial charge in [0.05, 0.1) is 18.8 Å². The van der Waals surface area contributed by atoms with Gasteiger partial charge in [-0.1, -0.05) is 0 Å². The predicted molar refractivity (Wildman–Crippen MR) is 80.8 cm³/mol. The lowest BCUT2D eigenvalue weighted by Gasteiger charge is -2.26. The summed E-state index contributed by atoms with van der Waals surface area (Å²) in [4.78, 5) is 12.3. The number of hydrogen-bond acceptors (Lipinski definition) is 3. The fraction of sp³-hybridized carbons (Fsp3) is 0.312. The Kier molecular flexibility index (Phi) is 4.63. The Balaban J connectivity index is 2.27. The maximum atomic E-state index is 13.0. The van der Waals surface area contributed by atoms with Crippen molar-refractivity contribution in [2.45, 2.75) is 12.5 Å². The van der Waals surface area contributed by atoms with Crippen LogP contribution in [0.15, 0.2) is 36.4 Å². The number of rotatable bonds is 5. The molecular weight excluding hydrogens is 287 g/mol. The first-order valence-corrected chi connectivity index (χ1v) is 6.86. The summed E-state index contributed by atoms with van der Waals surface area (Å²) in [7, 11) is 1.73. The van der Waals surface area contributed by atoms with Gasteiger partial charge in [-0.15, -0.1) is 0 Å². The molecule has 118 valence electrons. The number of nitrogens with one attached hydrogen (secondary N) is 1.